The maximum Gasteiger partial charge on any atom is 0.292 e. The van der Waals surface area contributed by atoms with Gasteiger partial charge in [0.25, 0.3) is 5.69 Å². The molecule has 6 heteroatoms. The van der Waals surface area contributed by atoms with Crippen molar-refractivity contribution < 1.29 is 9.66 Å². The Hall–Kier alpha value is -2.11. The van der Waals surface area contributed by atoms with Crippen LogP contribution in [0.25, 0.3) is 0 Å². The summed E-state index contributed by atoms with van der Waals surface area (Å²) >= 11 is 6.01. The van der Waals surface area contributed by atoms with Crippen molar-refractivity contribution in [1.82, 2.24) is 0 Å². The molecule has 0 amide bonds. The van der Waals surface area contributed by atoms with Crippen molar-refractivity contribution in [3.05, 3.63) is 68.7 Å². The number of rotatable bonds is 5. The van der Waals surface area contributed by atoms with Crippen molar-refractivity contribution in [2.45, 2.75) is 13.2 Å². The molecule has 0 saturated heterocycles. The fourth-order valence-corrected chi connectivity index (χ4v) is 1.92. The molecule has 104 valence electrons. The molecule has 2 aromatic rings. The average molecular weight is 293 g/mol. The Balaban J connectivity index is 2.00. The maximum atomic E-state index is 10.8. The van der Waals surface area contributed by atoms with Gasteiger partial charge in [-0.2, -0.15) is 0 Å². The lowest BCUT2D eigenvalue weighted by Gasteiger charge is -2.07. The highest BCUT2D eigenvalue weighted by atomic mass is 35.5. The molecule has 2 N–H and O–H groups in total. The van der Waals surface area contributed by atoms with E-state index in [1.807, 2.05) is 18.2 Å². The number of hydrogen-bond donors (Lipinski definition) is 1. The van der Waals surface area contributed by atoms with E-state index in [9.17, 15) is 10.1 Å². The van der Waals surface area contributed by atoms with Crippen LogP contribution in [0.5, 0.6) is 0 Å². The minimum Gasteiger partial charge on any atom is -0.393 e. The van der Waals surface area contributed by atoms with Gasteiger partial charge in [-0.05, 0) is 23.3 Å². The molecule has 2 rings (SSSR count). The molecule has 0 spiro atoms. The second-order valence-corrected chi connectivity index (χ2v) is 4.64. The molecule has 0 aliphatic carbocycles. The highest BCUT2D eigenvalue weighted by Gasteiger charge is 2.11. The van der Waals surface area contributed by atoms with Crippen molar-refractivity contribution >= 4 is 23.0 Å². The Bertz CT molecular complexity index is 632. The summed E-state index contributed by atoms with van der Waals surface area (Å²) in [5.74, 6) is 0. The van der Waals surface area contributed by atoms with Gasteiger partial charge in [-0.15, -0.1) is 0 Å². The van der Waals surface area contributed by atoms with Crippen LogP contribution < -0.4 is 5.73 Å². The number of nitrogens with zero attached hydrogens (tertiary/aromatic N) is 1. The van der Waals surface area contributed by atoms with Gasteiger partial charge in [0.05, 0.1) is 18.1 Å². The molecule has 2 aromatic carbocycles. The van der Waals surface area contributed by atoms with Crippen LogP contribution in [0.15, 0.2) is 42.5 Å². The number of benzene rings is 2. The molecule has 0 saturated carbocycles. The quantitative estimate of drug-likeness (QED) is 0.519. The zero-order valence-electron chi connectivity index (χ0n) is 10.6. The molecule has 0 aliphatic rings. The summed E-state index contributed by atoms with van der Waals surface area (Å²) in [5, 5.41) is 11.4. The summed E-state index contributed by atoms with van der Waals surface area (Å²) < 4.78 is 5.51. The summed E-state index contributed by atoms with van der Waals surface area (Å²) in [6, 6.07) is 12.0. The van der Waals surface area contributed by atoms with E-state index in [0.717, 1.165) is 5.56 Å². The van der Waals surface area contributed by atoms with Gasteiger partial charge in [0.2, 0.25) is 0 Å². The third kappa shape index (κ3) is 3.46. The normalized spacial score (nSPS) is 10.4. The van der Waals surface area contributed by atoms with Gasteiger partial charge in [0.15, 0.2) is 0 Å². The van der Waals surface area contributed by atoms with Gasteiger partial charge in [-0.1, -0.05) is 35.9 Å². The van der Waals surface area contributed by atoms with Crippen LogP contribution in [-0.4, -0.2) is 4.92 Å². The van der Waals surface area contributed by atoms with E-state index >= 15 is 0 Å². The lowest BCUT2D eigenvalue weighted by molar-refractivity contribution is -0.384. The number of ether oxygens (including phenoxy) is 1. The monoisotopic (exact) mass is 292 g/mol. The van der Waals surface area contributed by atoms with E-state index in [1.165, 1.54) is 12.1 Å². The van der Waals surface area contributed by atoms with Gasteiger partial charge in [0.1, 0.15) is 5.69 Å². The molecule has 20 heavy (non-hydrogen) atoms. The molecule has 0 radical (unpaired) electrons. The summed E-state index contributed by atoms with van der Waals surface area (Å²) in [4.78, 5) is 10.3. The van der Waals surface area contributed by atoms with Gasteiger partial charge < -0.3 is 10.5 Å². The van der Waals surface area contributed by atoms with E-state index in [1.54, 1.807) is 12.1 Å². The minimum absolute atomic E-state index is 0.108. The fourth-order valence-electron chi connectivity index (χ4n) is 1.73. The Morgan fingerprint density at radius 2 is 1.95 bits per heavy atom. The van der Waals surface area contributed by atoms with Crippen LogP contribution in [0.1, 0.15) is 11.1 Å². The molecule has 0 heterocycles. The molecule has 0 atom stereocenters. The van der Waals surface area contributed by atoms with E-state index in [-0.39, 0.29) is 18.0 Å². The molecular formula is C14H13ClN2O3. The average Bonchev–Trinajstić information content (AvgIpc) is 2.42. The van der Waals surface area contributed by atoms with Crippen LogP contribution in [0.2, 0.25) is 5.02 Å². The summed E-state index contributed by atoms with van der Waals surface area (Å²) in [6.45, 7) is 0.601. The van der Waals surface area contributed by atoms with Crippen LogP contribution >= 0.6 is 11.6 Å². The van der Waals surface area contributed by atoms with Crippen molar-refractivity contribution in [3.8, 4) is 0 Å². The summed E-state index contributed by atoms with van der Waals surface area (Å²) in [7, 11) is 0. The lowest BCUT2D eigenvalue weighted by Crippen LogP contribution is -1.99. The molecule has 0 unspecified atom stereocenters. The highest BCUT2D eigenvalue weighted by Crippen LogP contribution is 2.23. The number of nitro groups is 1. The number of nitrogens with two attached hydrogens (primary N) is 1. The van der Waals surface area contributed by atoms with Crippen molar-refractivity contribution in [3.63, 3.8) is 0 Å². The van der Waals surface area contributed by atoms with Crippen LogP contribution in [0.4, 0.5) is 11.4 Å². The Labute approximate surface area is 121 Å². The maximum absolute atomic E-state index is 10.8. The van der Waals surface area contributed by atoms with Crippen molar-refractivity contribution in [2.75, 3.05) is 5.73 Å². The van der Waals surface area contributed by atoms with Crippen LogP contribution in [0, 0.1) is 10.1 Å². The number of hydrogen-bond acceptors (Lipinski definition) is 4. The van der Waals surface area contributed by atoms with E-state index < -0.39 is 4.92 Å². The molecule has 5 nitrogen and oxygen atoms in total. The van der Waals surface area contributed by atoms with E-state index in [2.05, 4.69) is 0 Å². The number of anilines is 1. The predicted molar refractivity (Wildman–Crippen MR) is 77.5 cm³/mol. The SMILES string of the molecule is Nc1ccc(COCc2ccccc2Cl)cc1[N+](=O)[O-]. The third-order valence-electron chi connectivity index (χ3n) is 2.78. The van der Waals surface area contributed by atoms with Gasteiger partial charge in [0, 0.05) is 11.1 Å². The van der Waals surface area contributed by atoms with Crippen LogP contribution in [0.3, 0.4) is 0 Å². The minimum atomic E-state index is -0.507. The molecular weight excluding hydrogens is 280 g/mol. The topological polar surface area (TPSA) is 78.4 Å². The van der Waals surface area contributed by atoms with Crippen LogP contribution in [-0.2, 0) is 18.0 Å². The standard InChI is InChI=1S/C14H13ClN2O3/c15-12-4-2-1-3-11(12)9-20-8-10-5-6-13(16)14(7-10)17(18)19/h1-7H,8-9,16H2. The molecule has 0 fully saturated rings. The third-order valence-corrected chi connectivity index (χ3v) is 3.14. The van der Waals surface area contributed by atoms with Crippen molar-refractivity contribution in [2.24, 2.45) is 0 Å². The molecule has 0 aliphatic heterocycles. The second-order valence-electron chi connectivity index (χ2n) is 4.23. The van der Waals surface area contributed by atoms with Crippen molar-refractivity contribution in [1.29, 1.82) is 0 Å². The highest BCUT2D eigenvalue weighted by molar-refractivity contribution is 6.31. The Morgan fingerprint density at radius 1 is 1.20 bits per heavy atom. The largest absolute Gasteiger partial charge is 0.393 e. The second kappa shape index (κ2) is 6.36. The predicted octanol–water partition coefficient (Wildman–Crippen LogP) is 3.55. The zero-order valence-corrected chi connectivity index (χ0v) is 11.3. The summed E-state index contributed by atoms with van der Waals surface area (Å²) in [5.41, 5.74) is 7.13. The number of halogens is 1. The van der Waals surface area contributed by atoms with E-state index in [4.69, 9.17) is 22.1 Å². The lowest BCUT2D eigenvalue weighted by atomic mass is 10.2. The summed E-state index contributed by atoms with van der Waals surface area (Å²) in [6.07, 6.45) is 0. The first-order valence-corrected chi connectivity index (χ1v) is 6.29. The Kier molecular flexibility index (Phi) is 4.55. The van der Waals surface area contributed by atoms with Gasteiger partial charge in [-0.25, -0.2) is 0 Å². The number of nitrogen functional groups attached to an aromatic ring is 1. The first kappa shape index (κ1) is 14.3. The zero-order chi connectivity index (χ0) is 14.5. The Morgan fingerprint density at radius 3 is 2.65 bits per heavy atom. The van der Waals surface area contributed by atoms with Gasteiger partial charge >= 0.3 is 0 Å². The molecule has 0 aromatic heterocycles. The molecule has 0 bridgehead atoms. The number of nitro benzene ring substituents is 1. The smallest absolute Gasteiger partial charge is 0.292 e. The van der Waals surface area contributed by atoms with Gasteiger partial charge in [-0.3, -0.25) is 10.1 Å². The van der Waals surface area contributed by atoms with E-state index in [0.29, 0.717) is 17.2 Å². The first-order chi connectivity index (χ1) is 9.58. The first-order valence-electron chi connectivity index (χ1n) is 5.92. The fraction of sp³-hybridized carbons (Fsp3) is 0.143.